The van der Waals surface area contributed by atoms with E-state index in [2.05, 4.69) is 17.2 Å². The highest BCUT2D eigenvalue weighted by atomic mass is 16.6. The molecule has 1 N–H and O–H groups in total. The first-order chi connectivity index (χ1) is 10.3. The minimum atomic E-state index is -0.522. The highest BCUT2D eigenvalue weighted by Crippen LogP contribution is 2.27. The van der Waals surface area contributed by atoms with Gasteiger partial charge in [-0.3, -0.25) is 9.52 Å². The molecule has 1 aliphatic rings. The van der Waals surface area contributed by atoms with Crippen LogP contribution in [0.1, 0.15) is 38.1 Å². The van der Waals surface area contributed by atoms with Gasteiger partial charge in [-0.15, -0.1) is 6.58 Å². The average molecular weight is 308 g/mol. The van der Waals surface area contributed by atoms with E-state index in [4.69, 9.17) is 9.57 Å². The van der Waals surface area contributed by atoms with Crippen molar-refractivity contribution >= 4 is 6.09 Å². The first-order valence-electron chi connectivity index (χ1n) is 7.28. The summed E-state index contributed by atoms with van der Waals surface area (Å²) in [6.07, 6.45) is 3.12. The van der Waals surface area contributed by atoms with Crippen LogP contribution in [0.15, 0.2) is 18.9 Å². The van der Waals surface area contributed by atoms with Crippen LogP contribution >= 0.6 is 0 Å². The van der Waals surface area contributed by atoms with Crippen LogP contribution in [0, 0.1) is 0 Å². The van der Waals surface area contributed by atoms with Crippen molar-refractivity contribution in [3.05, 3.63) is 30.1 Å². The molecule has 0 bridgehead atoms. The first kappa shape index (κ1) is 16.5. The molecule has 2 heterocycles. The van der Waals surface area contributed by atoms with Crippen LogP contribution in [0.2, 0.25) is 0 Å². The number of amides is 1. The summed E-state index contributed by atoms with van der Waals surface area (Å²) in [7, 11) is 1.86. The lowest BCUT2D eigenvalue weighted by atomic mass is 10.0. The lowest BCUT2D eigenvalue weighted by Gasteiger charge is -2.34. The van der Waals surface area contributed by atoms with E-state index in [9.17, 15) is 4.79 Å². The summed E-state index contributed by atoms with van der Waals surface area (Å²) < 4.78 is 7.23. The summed E-state index contributed by atoms with van der Waals surface area (Å²) >= 11 is 0. The standard InChI is InChI=1S/C15H24N4O3/c1-6-7-21-17-12-9-19(14(20)22-15(2,3)4)10-13-11(12)8-16-18(13)5/h6,8,12,17H,1,7,9-10H2,2-5H3. The van der Waals surface area contributed by atoms with Crippen LogP contribution < -0.4 is 5.48 Å². The van der Waals surface area contributed by atoms with E-state index in [0.29, 0.717) is 19.7 Å². The molecule has 1 aliphatic heterocycles. The van der Waals surface area contributed by atoms with Crippen molar-refractivity contribution in [2.45, 2.75) is 39.0 Å². The van der Waals surface area contributed by atoms with E-state index in [-0.39, 0.29) is 12.1 Å². The van der Waals surface area contributed by atoms with Gasteiger partial charge in [-0.2, -0.15) is 10.6 Å². The highest BCUT2D eigenvalue weighted by Gasteiger charge is 2.33. The topological polar surface area (TPSA) is 68.6 Å². The maximum Gasteiger partial charge on any atom is 0.410 e. The Kier molecular flexibility index (Phi) is 4.87. The van der Waals surface area contributed by atoms with Gasteiger partial charge in [-0.25, -0.2) is 4.79 Å². The zero-order chi connectivity index (χ0) is 16.3. The van der Waals surface area contributed by atoms with Gasteiger partial charge >= 0.3 is 6.09 Å². The van der Waals surface area contributed by atoms with E-state index in [1.807, 2.05) is 27.8 Å². The van der Waals surface area contributed by atoms with Crippen LogP contribution in [0.4, 0.5) is 4.79 Å². The Balaban J connectivity index is 2.14. The Hall–Kier alpha value is -1.86. The Morgan fingerprint density at radius 2 is 2.32 bits per heavy atom. The van der Waals surface area contributed by atoms with Crippen LogP contribution in [0.5, 0.6) is 0 Å². The Morgan fingerprint density at radius 1 is 1.59 bits per heavy atom. The van der Waals surface area contributed by atoms with E-state index in [1.54, 1.807) is 21.9 Å². The Bertz CT molecular complexity index is 547. The molecule has 0 saturated heterocycles. The molecular weight excluding hydrogens is 284 g/mol. The van der Waals surface area contributed by atoms with Crippen molar-refractivity contribution in [2.75, 3.05) is 13.2 Å². The molecule has 7 nitrogen and oxygen atoms in total. The molecule has 22 heavy (non-hydrogen) atoms. The molecule has 1 aromatic rings. The van der Waals surface area contributed by atoms with Gasteiger partial charge in [0.2, 0.25) is 0 Å². The fourth-order valence-electron chi connectivity index (χ4n) is 2.30. The molecule has 0 aliphatic carbocycles. The van der Waals surface area contributed by atoms with Crippen molar-refractivity contribution in [1.82, 2.24) is 20.2 Å². The van der Waals surface area contributed by atoms with Crippen molar-refractivity contribution < 1.29 is 14.4 Å². The maximum absolute atomic E-state index is 12.3. The number of aryl methyl sites for hydroxylation is 1. The number of fused-ring (bicyclic) bond motifs is 1. The largest absolute Gasteiger partial charge is 0.444 e. The third-order valence-electron chi connectivity index (χ3n) is 3.29. The van der Waals surface area contributed by atoms with Crippen molar-refractivity contribution in [2.24, 2.45) is 7.05 Å². The number of carbonyl (C=O) groups excluding carboxylic acids is 1. The number of nitrogens with zero attached hydrogens (tertiary/aromatic N) is 3. The number of rotatable bonds is 4. The molecule has 1 amide bonds. The molecule has 7 heteroatoms. The number of hydrogen-bond donors (Lipinski definition) is 1. The molecule has 122 valence electrons. The van der Waals surface area contributed by atoms with Crippen LogP contribution in [-0.4, -0.2) is 39.5 Å². The summed E-state index contributed by atoms with van der Waals surface area (Å²) in [5, 5.41) is 4.27. The molecule has 0 aromatic carbocycles. The minimum absolute atomic E-state index is 0.148. The number of nitrogens with one attached hydrogen (secondary N) is 1. The van der Waals surface area contributed by atoms with Crippen molar-refractivity contribution in [3.8, 4) is 0 Å². The second-order valence-electron chi connectivity index (χ2n) is 6.30. The summed E-state index contributed by atoms with van der Waals surface area (Å²) in [6, 6.07) is -0.148. The minimum Gasteiger partial charge on any atom is -0.444 e. The fourth-order valence-corrected chi connectivity index (χ4v) is 2.30. The second kappa shape index (κ2) is 6.50. The number of ether oxygens (including phenoxy) is 1. The number of aromatic nitrogens is 2. The number of carbonyl (C=O) groups is 1. The molecular formula is C15H24N4O3. The van der Waals surface area contributed by atoms with Gasteiger partial charge < -0.3 is 9.64 Å². The zero-order valence-electron chi connectivity index (χ0n) is 13.6. The summed E-state index contributed by atoms with van der Waals surface area (Å²) in [5.41, 5.74) is 4.45. The normalized spacial score (nSPS) is 18.0. The van der Waals surface area contributed by atoms with Crippen LogP contribution in [0.3, 0.4) is 0 Å². The van der Waals surface area contributed by atoms with E-state index >= 15 is 0 Å². The predicted molar refractivity (Wildman–Crippen MR) is 81.9 cm³/mol. The molecule has 1 aromatic heterocycles. The predicted octanol–water partition coefficient (Wildman–Crippen LogP) is 1.92. The third-order valence-corrected chi connectivity index (χ3v) is 3.29. The second-order valence-corrected chi connectivity index (χ2v) is 6.30. The van der Waals surface area contributed by atoms with Gasteiger partial charge in [0.25, 0.3) is 0 Å². The summed E-state index contributed by atoms with van der Waals surface area (Å²) in [6.45, 7) is 10.5. The van der Waals surface area contributed by atoms with Gasteiger partial charge in [-0.05, 0) is 20.8 Å². The maximum atomic E-state index is 12.3. The average Bonchev–Trinajstić information content (AvgIpc) is 2.79. The lowest BCUT2D eigenvalue weighted by molar-refractivity contribution is -0.00230. The van der Waals surface area contributed by atoms with Crippen molar-refractivity contribution in [3.63, 3.8) is 0 Å². The molecule has 0 saturated carbocycles. The molecule has 0 spiro atoms. The number of hydrogen-bond acceptors (Lipinski definition) is 5. The van der Waals surface area contributed by atoms with Gasteiger partial charge in [0, 0.05) is 19.2 Å². The van der Waals surface area contributed by atoms with Crippen LogP contribution in [-0.2, 0) is 23.2 Å². The Labute approximate surface area is 130 Å². The zero-order valence-corrected chi connectivity index (χ0v) is 13.6. The lowest BCUT2D eigenvalue weighted by Crippen LogP contribution is -2.45. The van der Waals surface area contributed by atoms with Gasteiger partial charge in [0.1, 0.15) is 5.60 Å². The summed E-state index contributed by atoms with van der Waals surface area (Å²) in [4.78, 5) is 19.3. The molecule has 0 fully saturated rings. The molecule has 1 unspecified atom stereocenters. The van der Waals surface area contributed by atoms with E-state index < -0.39 is 5.60 Å². The monoisotopic (exact) mass is 308 g/mol. The summed E-state index contributed by atoms with van der Waals surface area (Å²) in [5.74, 6) is 0. The fraction of sp³-hybridized carbons (Fsp3) is 0.600. The van der Waals surface area contributed by atoms with Gasteiger partial charge in [0.15, 0.2) is 0 Å². The molecule has 0 radical (unpaired) electrons. The smallest absolute Gasteiger partial charge is 0.410 e. The highest BCUT2D eigenvalue weighted by molar-refractivity contribution is 5.68. The number of hydroxylamine groups is 1. The van der Waals surface area contributed by atoms with Gasteiger partial charge in [-0.1, -0.05) is 6.08 Å². The van der Waals surface area contributed by atoms with Gasteiger partial charge in [0.05, 0.1) is 31.1 Å². The Morgan fingerprint density at radius 3 is 2.95 bits per heavy atom. The van der Waals surface area contributed by atoms with E-state index in [0.717, 1.165) is 11.3 Å². The van der Waals surface area contributed by atoms with Crippen LogP contribution in [0.25, 0.3) is 0 Å². The third kappa shape index (κ3) is 3.86. The van der Waals surface area contributed by atoms with Crippen molar-refractivity contribution in [1.29, 1.82) is 0 Å². The quantitative estimate of drug-likeness (QED) is 0.523. The molecule has 1 atom stereocenters. The SMILES string of the molecule is C=CCONC1CN(C(=O)OC(C)(C)C)Cc2c1cnn2C. The first-order valence-corrected chi connectivity index (χ1v) is 7.28. The van der Waals surface area contributed by atoms with E-state index in [1.165, 1.54) is 0 Å². The molecule has 2 rings (SSSR count).